The third kappa shape index (κ3) is 5.61. The molecule has 0 spiro atoms. The molecule has 0 fully saturated rings. The highest BCUT2D eigenvalue weighted by Gasteiger charge is 2.03. The summed E-state index contributed by atoms with van der Waals surface area (Å²) in [6, 6.07) is 7.89. The van der Waals surface area contributed by atoms with Crippen LogP contribution in [0.1, 0.15) is 24.2 Å². The zero-order valence-corrected chi connectivity index (χ0v) is 13.8. The molecular weight excluding hydrogens is 294 g/mol. The molecule has 0 aliphatic rings. The van der Waals surface area contributed by atoms with Crippen molar-refractivity contribution in [1.29, 1.82) is 0 Å². The number of methoxy groups -OCH3 is 1. The van der Waals surface area contributed by atoms with Gasteiger partial charge in [-0.2, -0.15) is 4.98 Å². The van der Waals surface area contributed by atoms with Crippen molar-refractivity contribution in [2.24, 2.45) is 4.99 Å². The molecule has 23 heavy (non-hydrogen) atoms. The molecule has 0 atom stereocenters. The lowest BCUT2D eigenvalue weighted by atomic mass is 10.2. The Kier molecular flexibility index (Phi) is 6.40. The normalized spacial score (nSPS) is 11.3. The molecular formula is C16H23N5O2. The molecule has 2 aromatic rings. The van der Waals surface area contributed by atoms with Crippen LogP contribution in [-0.4, -0.2) is 36.3 Å². The minimum Gasteiger partial charge on any atom is -0.497 e. The predicted octanol–water partition coefficient (Wildman–Crippen LogP) is 1.68. The topological polar surface area (TPSA) is 84.6 Å². The number of nitrogens with one attached hydrogen (secondary N) is 2. The number of benzene rings is 1. The first-order chi connectivity index (χ1) is 11.2. The highest BCUT2D eigenvalue weighted by molar-refractivity contribution is 5.79. The Bertz CT molecular complexity index is 639. The number of guanidine groups is 1. The van der Waals surface area contributed by atoms with Gasteiger partial charge >= 0.3 is 0 Å². The summed E-state index contributed by atoms with van der Waals surface area (Å²) in [6.07, 6.45) is 0.657. The average Bonchev–Trinajstić information content (AvgIpc) is 2.98. The number of aryl methyl sites for hydroxylation is 1. The predicted molar refractivity (Wildman–Crippen MR) is 88.6 cm³/mol. The smallest absolute Gasteiger partial charge is 0.228 e. The van der Waals surface area contributed by atoms with Gasteiger partial charge in [-0.05, 0) is 31.5 Å². The van der Waals surface area contributed by atoms with E-state index >= 15 is 0 Å². The molecule has 0 aliphatic heterocycles. The van der Waals surface area contributed by atoms with E-state index in [2.05, 4.69) is 25.8 Å². The molecule has 0 aliphatic carbocycles. The number of hydrogen-bond acceptors (Lipinski definition) is 5. The summed E-state index contributed by atoms with van der Waals surface area (Å²) in [6.45, 7) is 5.88. The molecule has 0 amide bonds. The van der Waals surface area contributed by atoms with Crippen molar-refractivity contribution < 1.29 is 9.26 Å². The standard InChI is InChI=1S/C16H23N5O2/c1-4-17-16(18-9-8-15-20-12(2)21-23-15)19-11-13-6-5-7-14(10-13)22-3/h5-7,10H,4,8-9,11H2,1-3H3,(H2,17,18,19). The lowest BCUT2D eigenvalue weighted by Gasteiger charge is -2.10. The third-order valence-corrected chi connectivity index (χ3v) is 3.10. The van der Waals surface area contributed by atoms with Gasteiger partial charge in [0.1, 0.15) is 5.75 Å². The summed E-state index contributed by atoms with van der Waals surface area (Å²) >= 11 is 0. The van der Waals surface area contributed by atoms with E-state index < -0.39 is 0 Å². The van der Waals surface area contributed by atoms with Gasteiger partial charge in [-0.1, -0.05) is 17.3 Å². The Hall–Kier alpha value is -2.57. The Morgan fingerprint density at radius 3 is 2.91 bits per heavy atom. The summed E-state index contributed by atoms with van der Waals surface area (Å²) in [7, 11) is 1.66. The van der Waals surface area contributed by atoms with Gasteiger partial charge in [0.2, 0.25) is 5.89 Å². The van der Waals surface area contributed by atoms with Crippen LogP contribution in [0, 0.1) is 6.92 Å². The second-order valence-electron chi connectivity index (χ2n) is 4.96. The molecule has 0 unspecified atom stereocenters. The van der Waals surface area contributed by atoms with E-state index in [0.717, 1.165) is 23.8 Å². The highest BCUT2D eigenvalue weighted by atomic mass is 16.5. The average molecular weight is 317 g/mol. The fourth-order valence-electron chi connectivity index (χ4n) is 2.01. The fraction of sp³-hybridized carbons (Fsp3) is 0.438. The molecule has 0 saturated carbocycles. The van der Waals surface area contributed by atoms with Crippen molar-refractivity contribution in [3.05, 3.63) is 41.5 Å². The summed E-state index contributed by atoms with van der Waals surface area (Å²) in [4.78, 5) is 8.74. The number of aromatic nitrogens is 2. The van der Waals surface area contributed by atoms with Gasteiger partial charge in [0.05, 0.1) is 13.7 Å². The summed E-state index contributed by atoms with van der Waals surface area (Å²) in [5.74, 6) is 2.87. The Labute approximate surface area is 136 Å². The van der Waals surface area contributed by atoms with Crippen LogP contribution >= 0.6 is 0 Å². The minimum absolute atomic E-state index is 0.576. The van der Waals surface area contributed by atoms with Crippen LogP contribution < -0.4 is 15.4 Å². The van der Waals surface area contributed by atoms with Crippen molar-refractivity contribution in [3.63, 3.8) is 0 Å². The van der Waals surface area contributed by atoms with Crippen LogP contribution in [0.4, 0.5) is 0 Å². The quantitative estimate of drug-likeness (QED) is 0.597. The third-order valence-electron chi connectivity index (χ3n) is 3.10. The fourth-order valence-corrected chi connectivity index (χ4v) is 2.01. The summed E-state index contributed by atoms with van der Waals surface area (Å²) in [5, 5.41) is 10.2. The second-order valence-corrected chi connectivity index (χ2v) is 4.96. The molecule has 7 nitrogen and oxygen atoms in total. The van der Waals surface area contributed by atoms with E-state index in [-0.39, 0.29) is 0 Å². The lowest BCUT2D eigenvalue weighted by Crippen LogP contribution is -2.38. The van der Waals surface area contributed by atoms with Crippen molar-refractivity contribution in [3.8, 4) is 5.75 Å². The first kappa shape index (κ1) is 16.8. The maximum Gasteiger partial charge on any atom is 0.228 e. The Morgan fingerprint density at radius 2 is 2.22 bits per heavy atom. The minimum atomic E-state index is 0.576. The van der Waals surface area contributed by atoms with Crippen LogP contribution in [0.3, 0.4) is 0 Å². The first-order valence-corrected chi connectivity index (χ1v) is 7.65. The van der Waals surface area contributed by atoms with Gasteiger partial charge in [-0.25, -0.2) is 4.99 Å². The molecule has 1 aromatic carbocycles. The maximum absolute atomic E-state index is 5.22. The van der Waals surface area contributed by atoms with Crippen molar-refractivity contribution in [2.75, 3.05) is 20.2 Å². The van der Waals surface area contributed by atoms with E-state index in [9.17, 15) is 0 Å². The van der Waals surface area contributed by atoms with E-state index in [1.807, 2.05) is 31.2 Å². The van der Waals surface area contributed by atoms with Gasteiger partial charge in [-0.3, -0.25) is 0 Å². The molecule has 2 N–H and O–H groups in total. The van der Waals surface area contributed by atoms with Crippen LogP contribution in [-0.2, 0) is 13.0 Å². The van der Waals surface area contributed by atoms with Gasteiger partial charge in [0.25, 0.3) is 0 Å². The summed E-state index contributed by atoms with van der Waals surface area (Å²) < 4.78 is 10.3. The second kappa shape index (κ2) is 8.77. The number of ether oxygens (including phenoxy) is 1. The molecule has 0 saturated heterocycles. The van der Waals surface area contributed by atoms with E-state index in [1.54, 1.807) is 14.0 Å². The van der Waals surface area contributed by atoms with E-state index in [4.69, 9.17) is 9.26 Å². The molecule has 124 valence electrons. The van der Waals surface area contributed by atoms with E-state index in [0.29, 0.717) is 31.2 Å². The molecule has 2 rings (SSSR count). The Morgan fingerprint density at radius 1 is 1.35 bits per heavy atom. The highest BCUT2D eigenvalue weighted by Crippen LogP contribution is 2.13. The van der Waals surface area contributed by atoms with E-state index in [1.165, 1.54) is 0 Å². The monoisotopic (exact) mass is 317 g/mol. The lowest BCUT2D eigenvalue weighted by molar-refractivity contribution is 0.374. The number of nitrogens with zero attached hydrogens (tertiary/aromatic N) is 3. The first-order valence-electron chi connectivity index (χ1n) is 7.65. The van der Waals surface area contributed by atoms with Crippen LogP contribution in [0.25, 0.3) is 0 Å². The molecule has 0 bridgehead atoms. The van der Waals surface area contributed by atoms with Crippen LogP contribution in [0.5, 0.6) is 5.75 Å². The summed E-state index contributed by atoms with van der Waals surface area (Å²) in [5.41, 5.74) is 1.09. The molecule has 0 radical (unpaired) electrons. The maximum atomic E-state index is 5.22. The van der Waals surface area contributed by atoms with Crippen LogP contribution in [0.15, 0.2) is 33.8 Å². The number of aliphatic imine (C=N–C) groups is 1. The SMILES string of the molecule is CCNC(=NCc1cccc(OC)c1)NCCc1nc(C)no1. The number of hydrogen-bond donors (Lipinski definition) is 2. The number of rotatable bonds is 7. The largest absolute Gasteiger partial charge is 0.497 e. The van der Waals surface area contributed by atoms with Crippen molar-refractivity contribution in [1.82, 2.24) is 20.8 Å². The zero-order valence-electron chi connectivity index (χ0n) is 13.8. The molecule has 1 heterocycles. The zero-order chi connectivity index (χ0) is 16.5. The van der Waals surface area contributed by atoms with Gasteiger partial charge < -0.3 is 19.9 Å². The van der Waals surface area contributed by atoms with Gasteiger partial charge in [0, 0.05) is 19.5 Å². The molecule has 7 heteroatoms. The van der Waals surface area contributed by atoms with Crippen LogP contribution in [0.2, 0.25) is 0 Å². The Balaban J connectivity index is 1.88. The molecule has 1 aromatic heterocycles. The van der Waals surface area contributed by atoms with Gasteiger partial charge in [-0.15, -0.1) is 0 Å². The van der Waals surface area contributed by atoms with Gasteiger partial charge in [0.15, 0.2) is 11.8 Å². The van der Waals surface area contributed by atoms with Crippen molar-refractivity contribution in [2.45, 2.75) is 26.8 Å². The van der Waals surface area contributed by atoms with Crippen molar-refractivity contribution >= 4 is 5.96 Å².